The Labute approximate surface area is 166 Å². The zero-order valence-electron chi connectivity index (χ0n) is 16.5. The number of benzene rings is 2. The quantitative estimate of drug-likeness (QED) is 0.825. The predicted octanol–water partition coefficient (Wildman–Crippen LogP) is 3.89. The molecule has 0 radical (unpaired) electrons. The van der Waals surface area contributed by atoms with Gasteiger partial charge in [-0.3, -0.25) is 4.79 Å². The second-order valence-corrected chi connectivity index (χ2v) is 8.11. The Bertz CT molecular complexity index is 838. The summed E-state index contributed by atoms with van der Waals surface area (Å²) in [5.41, 5.74) is 2.64. The highest BCUT2D eigenvalue weighted by molar-refractivity contribution is 5.94. The minimum atomic E-state index is -0.194. The molecule has 1 atom stereocenters. The summed E-state index contributed by atoms with van der Waals surface area (Å²) in [6, 6.07) is 13.5. The van der Waals surface area contributed by atoms with Crippen molar-refractivity contribution in [3.8, 4) is 11.5 Å². The van der Waals surface area contributed by atoms with Gasteiger partial charge in [0.05, 0.1) is 6.10 Å². The van der Waals surface area contributed by atoms with Crippen LogP contribution in [0, 0.1) is 0 Å². The molecule has 0 bridgehead atoms. The van der Waals surface area contributed by atoms with Gasteiger partial charge in [0.25, 0.3) is 5.91 Å². The molecule has 1 fully saturated rings. The smallest absolute Gasteiger partial charge is 0.251 e. The van der Waals surface area contributed by atoms with Gasteiger partial charge in [-0.1, -0.05) is 24.3 Å². The van der Waals surface area contributed by atoms with E-state index in [4.69, 9.17) is 14.2 Å². The zero-order chi connectivity index (χ0) is 19.6. The molecule has 0 aliphatic carbocycles. The molecular weight excluding hydrogens is 354 g/mol. The lowest BCUT2D eigenvalue weighted by Crippen LogP contribution is -2.31. The standard InChI is InChI=1S/C23H27NO4/c1-23(2)13-18-5-3-7-20(21(18)28-23)27-15-16-8-10-17(11-9-16)22(25)24-14-19-6-4-12-26-19/h3,5,7-11,19H,4,6,12-15H2,1-2H3,(H,24,25)/t19-/m0/s1. The average Bonchev–Trinajstić information content (AvgIpc) is 3.31. The number of rotatable bonds is 6. The van der Waals surface area contributed by atoms with Gasteiger partial charge in [-0.15, -0.1) is 0 Å². The second kappa shape index (κ2) is 7.84. The van der Waals surface area contributed by atoms with Gasteiger partial charge in [-0.2, -0.15) is 0 Å². The van der Waals surface area contributed by atoms with Crippen molar-refractivity contribution >= 4 is 5.91 Å². The van der Waals surface area contributed by atoms with E-state index in [1.807, 2.05) is 36.4 Å². The molecule has 2 aromatic carbocycles. The van der Waals surface area contributed by atoms with E-state index in [-0.39, 0.29) is 17.6 Å². The molecule has 2 aromatic rings. The summed E-state index contributed by atoms with van der Waals surface area (Å²) < 4.78 is 17.6. The molecule has 5 nitrogen and oxygen atoms in total. The molecule has 28 heavy (non-hydrogen) atoms. The molecule has 1 saturated heterocycles. The number of hydrogen-bond donors (Lipinski definition) is 1. The van der Waals surface area contributed by atoms with Crippen molar-refractivity contribution < 1.29 is 19.0 Å². The topological polar surface area (TPSA) is 56.8 Å². The van der Waals surface area contributed by atoms with E-state index < -0.39 is 0 Å². The number of amides is 1. The van der Waals surface area contributed by atoms with E-state index in [0.29, 0.717) is 18.7 Å². The maximum absolute atomic E-state index is 12.3. The van der Waals surface area contributed by atoms with Gasteiger partial charge in [-0.25, -0.2) is 0 Å². The second-order valence-electron chi connectivity index (χ2n) is 8.11. The third-order valence-electron chi connectivity index (χ3n) is 5.18. The first-order valence-electron chi connectivity index (χ1n) is 9.93. The summed E-state index contributed by atoms with van der Waals surface area (Å²) >= 11 is 0. The van der Waals surface area contributed by atoms with Crippen LogP contribution < -0.4 is 14.8 Å². The molecule has 0 unspecified atom stereocenters. The van der Waals surface area contributed by atoms with Crippen LogP contribution in [0.1, 0.15) is 48.2 Å². The lowest BCUT2D eigenvalue weighted by Gasteiger charge is -2.18. The van der Waals surface area contributed by atoms with Crippen molar-refractivity contribution in [2.24, 2.45) is 0 Å². The first kappa shape index (κ1) is 18.8. The number of para-hydroxylation sites is 1. The van der Waals surface area contributed by atoms with Gasteiger partial charge in [-0.05, 0) is 50.5 Å². The highest BCUT2D eigenvalue weighted by Crippen LogP contribution is 2.41. The van der Waals surface area contributed by atoms with Gasteiger partial charge in [0.1, 0.15) is 12.2 Å². The largest absolute Gasteiger partial charge is 0.485 e. The van der Waals surface area contributed by atoms with Gasteiger partial charge in [0.2, 0.25) is 0 Å². The SMILES string of the molecule is CC1(C)Cc2cccc(OCc3ccc(C(=O)NC[C@@H]4CCCO4)cc3)c2O1. The Morgan fingerprint density at radius 1 is 1.21 bits per heavy atom. The maximum Gasteiger partial charge on any atom is 0.251 e. The van der Waals surface area contributed by atoms with Crippen LogP contribution in [0.3, 0.4) is 0 Å². The number of hydrogen-bond acceptors (Lipinski definition) is 4. The van der Waals surface area contributed by atoms with E-state index in [1.54, 1.807) is 0 Å². The zero-order valence-corrected chi connectivity index (χ0v) is 16.5. The Morgan fingerprint density at radius 3 is 2.79 bits per heavy atom. The summed E-state index contributed by atoms with van der Waals surface area (Å²) in [7, 11) is 0. The average molecular weight is 381 g/mol. The lowest BCUT2D eigenvalue weighted by atomic mass is 10.0. The van der Waals surface area contributed by atoms with E-state index in [1.165, 1.54) is 5.56 Å². The fourth-order valence-corrected chi connectivity index (χ4v) is 3.73. The summed E-state index contributed by atoms with van der Waals surface area (Å²) in [5.74, 6) is 1.54. The van der Waals surface area contributed by atoms with Crippen LogP contribution in [0.25, 0.3) is 0 Å². The predicted molar refractivity (Wildman–Crippen MR) is 107 cm³/mol. The third kappa shape index (κ3) is 4.30. The Balaban J connectivity index is 1.33. The van der Waals surface area contributed by atoms with Crippen molar-refractivity contribution in [2.45, 2.75) is 51.4 Å². The van der Waals surface area contributed by atoms with Crippen LogP contribution in [0.4, 0.5) is 0 Å². The highest BCUT2D eigenvalue weighted by atomic mass is 16.5. The molecule has 0 aromatic heterocycles. The highest BCUT2D eigenvalue weighted by Gasteiger charge is 2.32. The van der Waals surface area contributed by atoms with Crippen LogP contribution in [0.5, 0.6) is 11.5 Å². The normalized spacial score (nSPS) is 19.7. The number of carbonyl (C=O) groups is 1. The summed E-state index contributed by atoms with van der Waals surface area (Å²) in [6.45, 7) is 5.96. The summed E-state index contributed by atoms with van der Waals surface area (Å²) in [6.07, 6.45) is 3.12. The van der Waals surface area contributed by atoms with E-state index >= 15 is 0 Å². The van der Waals surface area contributed by atoms with E-state index in [9.17, 15) is 4.79 Å². The summed E-state index contributed by atoms with van der Waals surface area (Å²) in [5, 5.41) is 2.94. The molecule has 2 aliphatic rings. The minimum absolute atomic E-state index is 0.0699. The first-order valence-corrected chi connectivity index (χ1v) is 9.93. The molecule has 148 valence electrons. The van der Waals surface area contributed by atoms with Crippen LogP contribution in [-0.2, 0) is 17.8 Å². The minimum Gasteiger partial charge on any atom is -0.485 e. The number of nitrogens with one attached hydrogen (secondary N) is 1. The molecule has 4 rings (SSSR count). The van der Waals surface area contributed by atoms with Gasteiger partial charge in [0, 0.05) is 30.7 Å². The Kier molecular flexibility index (Phi) is 5.27. The molecule has 5 heteroatoms. The van der Waals surface area contributed by atoms with Gasteiger partial charge in [0.15, 0.2) is 11.5 Å². The third-order valence-corrected chi connectivity index (χ3v) is 5.18. The molecule has 1 N–H and O–H groups in total. The maximum atomic E-state index is 12.3. The summed E-state index contributed by atoms with van der Waals surface area (Å²) in [4.78, 5) is 12.3. The first-order chi connectivity index (χ1) is 13.5. The van der Waals surface area contributed by atoms with Crippen molar-refractivity contribution in [1.29, 1.82) is 0 Å². The number of fused-ring (bicyclic) bond motifs is 1. The van der Waals surface area contributed by atoms with Crippen molar-refractivity contribution in [1.82, 2.24) is 5.32 Å². The molecule has 2 heterocycles. The fraction of sp³-hybridized carbons (Fsp3) is 0.435. The van der Waals surface area contributed by atoms with E-state index in [0.717, 1.165) is 42.9 Å². The van der Waals surface area contributed by atoms with Crippen molar-refractivity contribution in [2.75, 3.05) is 13.2 Å². The molecule has 0 spiro atoms. The molecule has 2 aliphatic heterocycles. The lowest BCUT2D eigenvalue weighted by molar-refractivity contribution is 0.0857. The molecule has 0 saturated carbocycles. The monoisotopic (exact) mass is 381 g/mol. The van der Waals surface area contributed by atoms with Crippen LogP contribution in [0.15, 0.2) is 42.5 Å². The molecular formula is C23H27NO4. The number of carbonyl (C=O) groups excluding carboxylic acids is 1. The van der Waals surface area contributed by atoms with Gasteiger partial charge < -0.3 is 19.5 Å². The Morgan fingerprint density at radius 2 is 2.04 bits per heavy atom. The molecule has 1 amide bonds. The Hall–Kier alpha value is -2.53. The van der Waals surface area contributed by atoms with E-state index in [2.05, 4.69) is 25.2 Å². The number of ether oxygens (including phenoxy) is 3. The van der Waals surface area contributed by atoms with Crippen molar-refractivity contribution in [3.05, 3.63) is 59.2 Å². The van der Waals surface area contributed by atoms with Crippen LogP contribution in [0.2, 0.25) is 0 Å². The fourth-order valence-electron chi connectivity index (χ4n) is 3.73. The van der Waals surface area contributed by atoms with Gasteiger partial charge >= 0.3 is 0 Å². The van der Waals surface area contributed by atoms with Crippen LogP contribution in [-0.4, -0.2) is 30.8 Å². The van der Waals surface area contributed by atoms with Crippen LogP contribution >= 0.6 is 0 Å². The van der Waals surface area contributed by atoms with Crippen molar-refractivity contribution in [3.63, 3.8) is 0 Å².